The minimum absolute atomic E-state index is 0.0971. The van der Waals surface area contributed by atoms with Gasteiger partial charge in [0, 0.05) is 26.3 Å². The number of hydrogen-bond donors (Lipinski definition) is 0. The molecule has 4 nitrogen and oxygen atoms in total. The van der Waals surface area contributed by atoms with E-state index >= 15 is 0 Å². The van der Waals surface area contributed by atoms with Gasteiger partial charge in [-0.1, -0.05) is 35.9 Å². The largest absolute Gasteiger partial charge is 0.333 e. The van der Waals surface area contributed by atoms with Crippen LogP contribution in [0.25, 0.3) is 0 Å². The second-order valence-corrected chi connectivity index (χ2v) is 5.15. The van der Waals surface area contributed by atoms with Gasteiger partial charge in [0.1, 0.15) is 0 Å². The molecule has 0 aliphatic carbocycles. The molecule has 0 saturated heterocycles. The first-order valence-corrected chi connectivity index (χ1v) is 6.58. The normalized spacial score (nSPS) is 14.3. The van der Waals surface area contributed by atoms with Crippen LogP contribution in [0.4, 0.5) is 0 Å². The minimum Gasteiger partial charge on any atom is -0.333 e. The Morgan fingerprint density at radius 1 is 1.32 bits per heavy atom. The molecule has 3 rings (SSSR count). The fourth-order valence-electron chi connectivity index (χ4n) is 2.42. The summed E-state index contributed by atoms with van der Waals surface area (Å²) < 4.78 is 1.56. The molecule has 0 saturated carbocycles. The fraction of sp³-hybridized carbons (Fsp3) is 0.286. The van der Waals surface area contributed by atoms with Crippen LogP contribution in [0.5, 0.6) is 0 Å². The van der Waals surface area contributed by atoms with Crippen molar-refractivity contribution in [3.8, 4) is 0 Å². The molecule has 1 aromatic carbocycles. The zero-order chi connectivity index (χ0) is 13.4. The van der Waals surface area contributed by atoms with E-state index in [1.165, 1.54) is 11.1 Å². The van der Waals surface area contributed by atoms with Crippen molar-refractivity contribution < 1.29 is 4.79 Å². The Bertz CT molecular complexity index is 635. The molecule has 0 unspecified atom stereocenters. The van der Waals surface area contributed by atoms with Gasteiger partial charge < -0.3 is 4.90 Å². The van der Waals surface area contributed by atoms with Crippen molar-refractivity contribution in [2.45, 2.75) is 13.0 Å². The van der Waals surface area contributed by atoms with E-state index in [1.54, 1.807) is 22.8 Å². The fourth-order valence-corrected chi connectivity index (χ4v) is 2.68. The topological polar surface area (TPSA) is 38.1 Å². The number of halogens is 1. The third-order valence-electron chi connectivity index (χ3n) is 3.40. The van der Waals surface area contributed by atoms with Crippen LogP contribution in [-0.2, 0) is 20.0 Å². The Kier molecular flexibility index (Phi) is 3.03. The van der Waals surface area contributed by atoms with Crippen LogP contribution in [0, 0.1) is 0 Å². The van der Waals surface area contributed by atoms with Gasteiger partial charge in [0.2, 0.25) is 0 Å². The summed E-state index contributed by atoms with van der Waals surface area (Å²) in [6, 6.07) is 8.21. The third kappa shape index (κ3) is 2.24. The number of benzene rings is 1. The molecule has 2 heterocycles. The summed E-state index contributed by atoms with van der Waals surface area (Å²) in [6.07, 6.45) is 2.53. The second kappa shape index (κ2) is 4.70. The monoisotopic (exact) mass is 275 g/mol. The van der Waals surface area contributed by atoms with E-state index in [0.717, 1.165) is 6.42 Å². The molecule has 1 aromatic heterocycles. The van der Waals surface area contributed by atoms with Gasteiger partial charge >= 0.3 is 0 Å². The Morgan fingerprint density at radius 3 is 2.74 bits per heavy atom. The minimum atomic E-state index is -0.0971. The van der Waals surface area contributed by atoms with Gasteiger partial charge in [0.25, 0.3) is 5.91 Å². The summed E-state index contributed by atoms with van der Waals surface area (Å²) in [4.78, 5) is 14.2. The number of aromatic nitrogens is 2. The van der Waals surface area contributed by atoms with E-state index in [9.17, 15) is 4.79 Å². The number of rotatable bonds is 1. The number of hydrogen-bond acceptors (Lipinski definition) is 2. The number of nitrogens with zero attached hydrogens (tertiary/aromatic N) is 3. The van der Waals surface area contributed by atoms with Gasteiger partial charge in [-0.05, 0) is 17.5 Å². The zero-order valence-electron chi connectivity index (χ0n) is 10.6. The van der Waals surface area contributed by atoms with E-state index in [-0.39, 0.29) is 5.91 Å². The Hall–Kier alpha value is -1.81. The highest BCUT2D eigenvalue weighted by atomic mass is 35.5. The second-order valence-electron chi connectivity index (χ2n) is 4.74. The van der Waals surface area contributed by atoms with Gasteiger partial charge in [-0.15, -0.1) is 0 Å². The predicted molar refractivity (Wildman–Crippen MR) is 73.1 cm³/mol. The SMILES string of the molecule is Cn1cc(Cl)c(C(=O)N2CCc3ccccc3C2)n1. The standard InChI is InChI=1S/C14H14ClN3O/c1-17-9-12(15)13(16-17)14(19)18-7-6-10-4-2-3-5-11(10)8-18/h2-5,9H,6-8H2,1H3. The highest BCUT2D eigenvalue weighted by molar-refractivity contribution is 6.33. The lowest BCUT2D eigenvalue weighted by molar-refractivity contribution is 0.0728. The lowest BCUT2D eigenvalue weighted by Gasteiger charge is -2.28. The Morgan fingerprint density at radius 2 is 2.05 bits per heavy atom. The number of carbonyl (C=O) groups excluding carboxylic acids is 1. The molecule has 0 spiro atoms. The number of carbonyl (C=O) groups is 1. The molecular formula is C14H14ClN3O. The van der Waals surface area contributed by atoms with Crippen LogP contribution < -0.4 is 0 Å². The van der Waals surface area contributed by atoms with Crippen molar-refractivity contribution in [1.82, 2.24) is 14.7 Å². The molecule has 0 fully saturated rings. The van der Waals surface area contributed by atoms with Crippen molar-refractivity contribution in [2.75, 3.05) is 6.54 Å². The van der Waals surface area contributed by atoms with E-state index < -0.39 is 0 Å². The summed E-state index contributed by atoms with van der Waals surface area (Å²) in [5.41, 5.74) is 2.86. The van der Waals surface area contributed by atoms with E-state index in [1.807, 2.05) is 12.1 Å². The van der Waals surface area contributed by atoms with Gasteiger partial charge in [-0.2, -0.15) is 5.10 Å². The van der Waals surface area contributed by atoms with Crippen LogP contribution in [0.15, 0.2) is 30.5 Å². The molecule has 98 valence electrons. The number of aryl methyl sites for hydroxylation is 1. The maximum absolute atomic E-state index is 12.4. The van der Waals surface area contributed by atoms with Crippen LogP contribution in [0.2, 0.25) is 5.02 Å². The van der Waals surface area contributed by atoms with Crippen LogP contribution in [0.3, 0.4) is 0 Å². The average Bonchev–Trinajstić information content (AvgIpc) is 2.76. The maximum Gasteiger partial charge on any atom is 0.276 e. The summed E-state index contributed by atoms with van der Waals surface area (Å²) >= 11 is 6.03. The smallest absolute Gasteiger partial charge is 0.276 e. The molecule has 1 aliphatic rings. The van der Waals surface area contributed by atoms with Crippen molar-refractivity contribution in [1.29, 1.82) is 0 Å². The first-order chi connectivity index (χ1) is 9.15. The molecule has 2 aromatic rings. The van der Waals surface area contributed by atoms with Gasteiger partial charge in [0.05, 0.1) is 5.02 Å². The van der Waals surface area contributed by atoms with Gasteiger partial charge in [-0.3, -0.25) is 9.48 Å². The van der Waals surface area contributed by atoms with Crippen molar-refractivity contribution in [3.63, 3.8) is 0 Å². The lowest BCUT2D eigenvalue weighted by Crippen LogP contribution is -2.36. The molecule has 5 heteroatoms. The Labute approximate surface area is 116 Å². The summed E-state index contributed by atoms with van der Waals surface area (Å²) in [6.45, 7) is 1.34. The Balaban J connectivity index is 1.85. The molecule has 0 N–H and O–H groups in total. The molecule has 19 heavy (non-hydrogen) atoms. The molecule has 0 atom stereocenters. The van der Waals surface area contributed by atoms with Crippen molar-refractivity contribution in [2.24, 2.45) is 7.05 Å². The molecular weight excluding hydrogens is 262 g/mol. The first kappa shape index (κ1) is 12.2. The summed E-state index contributed by atoms with van der Waals surface area (Å²) in [7, 11) is 1.76. The summed E-state index contributed by atoms with van der Waals surface area (Å²) in [5.74, 6) is -0.0971. The van der Waals surface area contributed by atoms with Crippen LogP contribution in [0.1, 0.15) is 21.6 Å². The quantitative estimate of drug-likeness (QED) is 0.801. The zero-order valence-corrected chi connectivity index (χ0v) is 11.4. The van der Waals surface area contributed by atoms with Crippen molar-refractivity contribution in [3.05, 3.63) is 52.3 Å². The van der Waals surface area contributed by atoms with Crippen LogP contribution >= 0.6 is 11.6 Å². The van der Waals surface area contributed by atoms with E-state index in [0.29, 0.717) is 23.8 Å². The lowest BCUT2D eigenvalue weighted by atomic mass is 10.00. The van der Waals surface area contributed by atoms with E-state index in [4.69, 9.17) is 11.6 Å². The molecule has 0 bridgehead atoms. The van der Waals surface area contributed by atoms with Crippen LogP contribution in [-0.4, -0.2) is 27.1 Å². The predicted octanol–water partition coefficient (Wildman–Crippen LogP) is 2.27. The third-order valence-corrected chi connectivity index (χ3v) is 3.68. The molecule has 1 aliphatic heterocycles. The maximum atomic E-state index is 12.4. The number of fused-ring (bicyclic) bond motifs is 1. The average molecular weight is 276 g/mol. The van der Waals surface area contributed by atoms with Crippen molar-refractivity contribution >= 4 is 17.5 Å². The molecule has 1 amide bonds. The van der Waals surface area contributed by atoms with Gasteiger partial charge in [-0.25, -0.2) is 0 Å². The van der Waals surface area contributed by atoms with E-state index in [2.05, 4.69) is 17.2 Å². The number of amides is 1. The van der Waals surface area contributed by atoms with Gasteiger partial charge in [0.15, 0.2) is 5.69 Å². The highest BCUT2D eigenvalue weighted by Crippen LogP contribution is 2.22. The molecule has 0 radical (unpaired) electrons. The summed E-state index contributed by atoms with van der Waals surface area (Å²) in [5, 5.41) is 4.54. The highest BCUT2D eigenvalue weighted by Gasteiger charge is 2.25. The first-order valence-electron chi connectivity index (χ1n) is 6.20.